The number of hydrogen-bond donors (Lipinski definition) is 1. The first-order chi connectivity index (χ1) is 9.19. The Morgan fingerprint density at radius 1 is 1.37 bits per heavy atom. The molecule has 1 fully saturated rings. The quantitative estimate of drug-likeness (QED) is 0.920. The van der Waals surface area contributed by atoms with Gasteiger partial charge in [-0.1, -0.05) is 0 Å². The minimum Gasteiger partial charge on any atom is -0.491 e. The molecule has 5 heteroatoms. The number of nitrogens with zero attached hydrogens (tertiary/aromatic N) is 2. The summed E-state index contributed by atoms with van der Waals surface area (Å²) in [5, 5.41) is 4.50. The topological polar surface area (TPSA) is 53.1 Å². The van der Waals surface area contributed by atoms with Gasteiger partial charge < -0.3 is 10.5 Å². The fourth-order valence-electron chi connectivity index (χ4n) is 2.14. The number of rotatable bonds is 4. The average Bonchev–Trinajstić information content (AvgIpc) is 3.16. The van der Waals surface area contributed by atoms with Crippen molar-refractivity contribution in [3.63, 3.8) is 0 Å². The molecule has 19 heavy (non-hydrogen) atoms. The summed E-state index contributed by atoms with van der Waals surface area (Å²) < 4.78 is 20.1. The molecule has 0 aliphatic heterocycles. The molecule has 3 rings (SSSR count). The van der Waals surface area contributed by atoms with Crippen molar-refractivity contribution in [1.82, 2.24) is 9.78 Å². The summed E-state index contributed by atoms with van der Waals surface area (Å²) >= 11 is 0. The largest absolute Gasteiger partial charge is 0.491 e. The lowest BCUT2D eigenvalue weighted by atomic mass is 10.1. The van der Waals surface area contributed by atoms with E-state index in [0.717, 1.165) is 12.1 Å². The molecule has 2 N–H and O–H groups in total. The van der Waals surface area contributed by atoms with Crippen LogP contribution >= 0.6 is 0 Å². The van der Waals surface area contributed by atoms with Gasteiger partial charge >= 0.3 is 0 Å². The van der Waals surface area contributed by atoms with Crippen molar-refractivity contribution in [2.24, 2.45) is 5.92 Å². The Hall–Kier alpha value is -2.04. The molecular weight excluding hydrogens is 245 g/mol. The van der Waals surface area contributed by atoms with E-state index in [-0.39, 0.29) is 5.82 Å². The molecule has 0 radical (unpaired) electrons. The lowest BCUT2D eigenvalue weighted by molar-refractivity contribution is 0.417. The van der Waals surface area contributed by atoms with Crippen LogP contribution in [0.25, 0.3) is 11.3 Å². The van der Waals surface area contributed by atoms with Gasteiger partial charge in [0, 0.05) is 12.1 Å². The second kappa shape index (κ2) is 4.57. The van der Waals surface area contributed by atoms with Crippen LogP contribution in [0.4, 0.5) is 10.2 Å². The Kier molecular flexibility index (Phi) is 2.89. The number of benzene rings is 1. The van der Waals surface area contributed by atoms with Gasteiger partial charge in [0.05, 0.1) is 7.11 Å². The van der Waals surface area contributed by atoms with Crippen LogP contribution in [0, 0.1) is 11.7 Å². The van der Waals surface area contributed by atoms with Crippen LogP contribution in [0.1, 0.15) is 12.8 Å². The monoisotopic (exact) mass is 261 g/mol. The summed E-state index contributed by atoms with van der Waals surface area (Å²) in [6.45, 7) is 0.823. The molecule has 0 unspecified atom stereocenters. The first-order valence-electron chi connectivity index (χ1n) is 6.35. The zero-order valence-corrected chi connectivity index (χ0v) is 10.8. The van der Waals surface area contributed by atoms with E-state index in [9.17, 15) is 4.39 Å². The minimum absolute atomic E-state index is 0.270. The second-order valence-electron chi connectivity index (χ2n) is 4.90. The molecule has 1 saturated carbocycles. The van der Waals surface area contributed by atoms with Gasteiger partial charge in [-0.15, -0.1) is 0 Å². The minimum atomic E-state index is -0.270. The number of hydrogen-bond acceptors (Lipinski definition) is 3. The van der Waals surface area contributed by atoms with Gasteiger partial charge in [-0.2, -0.15) is 5.10 Å². The van der Waals surface area contributed by atoms with Crippen molar-refractivity contribution < 1.29 is 9.13 Å². The highest BCUT2D eigenvalue weighted by molar-refractivity contribution is 5.72. The number of anilines is 1. The number of nitrogen functional groups attached to an aromatic ring is 1. The Labute approximate surface area is 111 Å². The molecule has 1 heterocycles. The Balaban J connectivity index is 2.01. The second-order valence-corrected chi connectivity index (χ2v) is 4.90. The van der Waals surface area contributed by atoms with E-state index in [2.05, 4.69) is 5.10 Å². The Bertz CT molecular complexity index is 587. The molecule has 1 aliphatic rings. The van der Waals surface area contributed by atoms with Gasteiger partial charge in [-0.25, -0.2) is 9.07 Å². The van der Waals surface area contributed by atoms with Crippen LogP contribution < -0.4 is 10.5 Å². The molecule has 1 aliphatic carbocycles. The van der Waals surface area contributed by atoms with Crippen LogP contribution in [0.3, 0.4) is 0 Å². The maximum Gasteiger partial charge on any atom is 0.188 e. The van der Waals surface area contributed by atoms with E-state index in [0.29, 0.717) is 23.2 Å². The van der Waals surface area contributed by atoms with E-state index in [1.54, 1.807) is 23.9 Å². The zero-order valence-electron chi connectivity index (χ0n) is 10.8. The lowest BCUT2D eigenvalue weighted by Crippen LogP contribution is -2.06. The van der Waals surface area contributed by atoms with Gasteiger partial charge in [0.1, 0.15) is 11.5 Å². The maximum atomic E-state index is 13.0. The van der Waals surface area contributed by atoms with Crippen molar-refractivity contribution in [3.05, 3.63) is 30.1 Å². The van der Waals surface area contributed by atoms with Crippen molar-refractivity contribution in [1.29, 1.82) is 0 Å². The van der Waals surface area contributed by atoms with Gasteiger partial charge in [0.25, 0.3) is 0 Å². The standard InChI is InChI=1S/C14H16FN3O/c1-19-13-12(10-4-6-11(15)7-5-10)17-18(14(13)16)8-9-2-3-9/h4-7,9H,2-3,8,16H2,1H3. The van der Waals surface area contributed by atoms with Crippen LogP contribution in [0.2, 0.25) is 0 Å². The lowest BCUT2D eigenvalue weighted by Gasteiger charge is -2.02. The summed E-state index contributed by atoms with van der Waals surface area (Å²) in [6.07, 6.45) is 2.46. The van der Waals surface area contributed by atoms with Crippen LogP contribution in [0.5, 0.6) is 5.75 Å². The SMILES string of the molecule is COc1c(-c2ccc(F)cc2)nn(CC2CC2)c1N. The van der Waals surface area contributed by atoms with E-state index < -0.39 is 0 Å². The van der Waals surface area contributed by atoms with Crippen molar-refractivity contribution in [2.75, 3.05) is 12.8 Å². The van der Waals surface area contributed by atoms with Crippen molar-refractivity contribution in [2.45, 2.75) is 19.4 Å². The average molecular weight is 261 g/mol. The summed E-state index contributed by atoms with van der Waals surface area (Å²) in [5.41, 5.74) is 7.53. The molecule has 100 valence electrons. The number of nitrogens with two attached hydrogens (primary N) is 1. The highest BCUT2D eigenvalue weighted by Crippen LogP contribution is 2.37. The van der Waals surface area contributed by atoms with E-state index in [1.807, 2.05) is 0 Å². The molecule has 4 nitrogen and oxygen atoms in total. The summed E-state index contributed by atoms with van der Waals surface area (Å²) in [6, 6.07) is 6.18. The number of aromatic nitrogens is 2. The molecule has 0 bridgehead atoms. The third-order valence-corrected chi connectivity index (χ3v) is 3.40. The number of ether oxygens (including phenoxy) is 1. The molecule has 0 amide bonds. The van der Waals surface area contributed by atoms with Crippen LogP contribution in [0.15, 0.2) is 24.3 Å². The molecule has 1 aromatic carbocycles. The molecule has 0 spiro atoms. The van der Waals surface area contributed by atoms with Crippen molar-refractivity contribution >= 4 is 5.82 Å². The van der Waals surface area contributed by atoms with Gasteiger partial charge in [0.2, 0.25) is 0 Å². The molecule has 1 aromatic heterocycles. The summed E-state index contributed by atoms with van der Waals surface area (Å²) in [7, 11) is 1.57. The third-order valence-electron chi connectivity index (χ3n) is 3.40. The fourth-order valence-corrected chi connectivity index (χ4v) is 2.14. The van der Waals surface area contributed by atoms with Crippen LogP contribution in [-0.2, 0) is 6.54 Å². The number of halogens is 1. The van der Waals surface area contributed by atoms with Crippen molar-refractivity contribution in [3.8, 4) is 17.0 Å². The first-order valence-corrected chi connectivity index (χ1v) is 6.35. The van der Waals surface area contributed by atoms with Gasteiger partial charge in [-0.05, 0) is 43.0 Å². The normalized spacial score (nSPS) is 14.6. The van der Waals surface area contributed by atoms with Gasteiger partial charge in [-0.3, -0.25) is 0 Å². The molecular formula is C14H16FN3O. The Morgan fingerprint density at radius 3 is 2.63 bits per heavy atom. The predicted octanol–water partition coefficient (Wildman–Crippen LogP) is 2.69. The Morgan fingerprint density at radius 2 is 2.05 bits per heavy atom. The zero-order chi connectivity index (χ0) is 13.4. The van der Waals surface area contributed by atoms with Gasteiger partial charge in [0.15, 0.2) is 11.6 Å². The maximum absolute atomic E-state index is 13.0. The molecule has 0 saturated heterocycles. The predicted molar refractivity (Wildman–Crippen MR) is 71.3 cm³/mol. The van der Waals surface area contributed by atoms with Crippen LogP contribution in [-0.4, -0.2) is 16.9 Å². The van der Waals surface area contributed by atoms with E-state index in [4.69, 9.17) is 10.5 Å². The molecule has 0 atom stereocenters. The number of methoxy groups -OCH3 is 1. The molecule has 2 aromatic rings. The van der Waals surface area contributed by atoms with E-state index in [1.165, 1.54) is 25.0 Å². The highest BCUT2D eigenvalue weighted by Gasteiger charge is 2.25. The summed E-state index contributed by atoms with van der Waals surface area (Å²) in [5.74, 6) is 1.50. The van der Waals surface area contributed by atoms with E-state index >= 15 is 0 Å². The third kappa shape index (κ3) is 2.28. The fraction of sp³-hybridized carbons (Fsp3) is 0.357. The summed E-state index contributed by atoms with van der Waals surface area (Å²) in [4.78, 5) is 0. The smallest absolute Gasteiger partial charge is 0.188 e. The highest BCUT2D eigenvalue weighted by atomic mass is 19.1. The first kappa shape index (κ1) is 12.0.